The molecule has 0 N–H and O–H groups in total. The number of carbonyl (C=O) groups excluding carboxylic acids is 2. The summed E-state index contributed by atoms with van der Waals surface area (Å²) in [5.41, 5.74) is 0.169. The zero-order valence-corrected chi connectivity index (χ0v) is 14.0. The number of nitrogens with zero attached hydrogens (tertiary/aromatic N) is 2. The van der Waals surface area contributed by atoms with Crippen LogP contribution < -0.4 is 0 Å². The number of rotatable bonds is 3. The van der Waals surface area contributed by atoms with Crippen LogP contribution in [0, 0.1) is 11.8 Å². The first-order valence-corrected chi connectivity index (χ1v) is 7.88. The van der Waals surface area contributed by atoms with E-state index in [4.69, 9.17) is 27.9 Å². The van der Waals surface area contributed by atoms with Crippen LogP contribution in [0.25, 0.3) is 0 Å². The van der Waals surface area contributed by atoms with Gasteiger partial charge in [-0.2, -0.15) is 0 Å². The van der Waals surface area contributed by atoms with Gasteiger partial charge in [0.1, 0.15) is 5.15 Å². The van der Waals surface area contributed by atoms with Gasteiger partial charge in [0.05, 0.1) is 10.6 Å². The summed E-state index contributed by atoms with van der Waals surface area (Å²) < 4.78 is 5.04. The Morgan fingerprint density at radius 3 is 2.55 bits per heavy atom. The number of piperidine rings is 1. The second-order valence-electron chi connectivity index (χ2n) is 5.82. The number of amides is 1. The molecule has 2 atom stereocenters. The van der Waals surface area contributed by atoms with Gasteiger partial charge in [-0.25, -0.2) is 9.78 Å². The highest BCUT2D eigenvalue weighted by molar-refractivity contribution is 6.41. The zero-order chi connectivity index (χ0) is 16.3. The minimum absolute atomic E-state index is 0.116. The van der Waals surface area contributed by atoms with Gasteiger partial charge >= 0.3 is 5.97 Å². The average Bonchev–Trinajstić information content (AvgIpc) is 2.46. The molecule has 2 rings (SSSR count). The third kappa shape index (κ3) is 4.34. The van der Waals surface area contributed by atoms with E-state index in [1.165, 1.54) is 12.3 Å². The van der Waals surface area contributed by atoms with E-state index in [0.29, 0.717) is 24.9 Å². The molecule has 0 aromatic carbocycles. The fraction of sp³-hybridized carbons (Fsp3) is 0.533. The molecule has 0 aliphatic carbocycles. The minimum atomic E-state index is -0.641. The van der Waals surface area contributed by atoms with E-state index in [9.17, 15) is 9.59 Å². The molecule has 5 nitrogen and oxygen atoms in total. The van der Waals surface area contributed by atoms with E-state index in [0.717, 1.165) is 6.42 Å². The molecular weight excluding hydrogens is 327 g/mol. The maximum Gasteiger partial charge on any atom is 0.340 e. The quantitative estimate of drug-likeness (QED) is 0.624. The lowest BCUT2D eigenvalue weighted by Gasteiger charge is -2.34. The van der Waals surface area contributed by atoms with E-state index >= 15 is 0 Å². The van der Waals surface area contributed by atoms with E-state index in [2.05, 4.69) is 18.8 Å². The van der Waals surface area contributed by atoms with Crippen molar-refractivity contribution < 1.29 is 14.3 Å². The highest BCUT2D eigenvalue weighted by Gasteiger charge is 2.26. The topological polar surface area (TPSA) is 59.5 Å². The largest absolute Gasteiger partial charge is 0.452 e. The fourth-order valence-corrected chi connectivity index (χ4v) is 2.97. The Balaban J connectivity index is 1.90. The van der Waals surface area contributed by atoms with Crippen LogP contribution >= 0.6 is 23.2 Å². The Labute approximate surface area is 139 Å². The second kappa shape index (κ2) is 7.29. The Kier molecular flexibility index (Phi) is 5.64. The number of pyridine rings is 1. The molecule has 7 heteroatoms. The van der Waals surface area contributed by atoms with Crippen molar-refractivity contribution in [2.24, 2.45) is 11.8 Å². The maximum absolute atomic E-state index is 12.1. The van der Waals surface area contributed by atoms with Gasteiger partial charge in [-0.1, -0.05) is 37.0 Å². The number of halogens is 2. The predicted molar refractivity (Wildman–Crippen MR) is 84.1 cm³/mol. The Morgan fingerprint density at radius 2 is 1.95 bits per heavy atom. The monoisotopic (exact) mass is 344 g/mol. The fourth-order valence-electron chi connectivity index (χ4n) is 2.70. The van der Waals surface area contributed by atoms with Crippen LogP contribution in [0.4, 0.5) is 0 Å². The number of esters is 1. The Morgan fingerprint density at radius 1 is 1.32 bits per heavy atom. The van der Waals surface area contributed by atoms with Crippen LogP contribution in [0.3, 0.4) is 0 Å². The van der Waals surface area contributed by atoms with E-state index in [1.807, 2.05) is 0 Å². The summed E-state index contributed by atoms with van der Waals surface area (Å²) in [5, 5.41) is 0.284. The average molecular weight is 345 g/mol. The highest BCUT2D eigenvalue weighted by Crippen LogP contribution is 2.22. The van der Waals surface area contributed by atoms with Crippen LogP contribution in [-0.4, -0.2) is 41.5 Å². The van der Waals surface area contributed by atoms with Gasteiger partial charge in [-0.15, -0.1) is 0 Å². The molecule has 2 unspecified atom stereocenters. The number of carbonyl (C=O) groups is 2. The molecule has 1 aromatic rings. The highest BCUT2D eigenvalue weighted by atomic mass is 35.5. The van der Waals surface area contributed by atoms with Gasteiger partial charge in [0.15, 0.2) is 6.61 Å². The lowest BCUT2D eigenvalue weighted by Crippen LogP contribution is -2.44. The van der Waals surface area contributed by atoms with Gasteiger partial charge in [-0.3, -0.25) is 4.79 Å². The van der Waals surface area contributed by atoms with Crippen LogP contribution in [0.5, 0.6) is 0 Å². The number of hydrogen-bond donors (Lipinski definition) is 0. The van der Waals surface area contributed by atoms with Crippen molar-refractivity contribution in [1.29, 1.82) is 0 Å². The van der Waals surface area contributed by atoms with Crippen LogP contribution in [0.15, 0.2) is 12.3 Å². The first-order chi connectivity index (χ1) is 10.4. The number of ether oxygens (including phenoxy) is 1. The summed E-state index contributed by atoms with van der Waals surface area (Å²) in [6.07, 6.45) is 2.38. The molecule has 1 aliphatic rings. The van der Waals surface area contributed by atoms with Crippen molar-refractivity contribution in [2.45, 2.75) is 20.3 Å². The molecule has 1 fully saturated rings. The summed E-state index contributed by atoms with van der Waals surface area (Å²) in [6.45, 7) is 5.36. The Bertz CT molecular complexity index is 570. The molecule has 120 valence electrons. The van der Waals surface area contributed by atoms with Gasteiger partial charge < -0.3 is 9.64 Å². The van der Waals surface area contributed by atoms with Crippen LogP contribution in [-0.2, 0) is 9.53 Å². The molecule has 22 heavy (non-hydrogen) atoms. The number of aromatic nitrogens is 1. The van der Waals surface area contributed by atoms with Crippen molar-refractivity contribution in [3.8, 4) is 0 Å². The third-order valence-corrected chi connectivity index (χ3v) is 4.27. The molecule has 1 amide bonds. The summed E-state index contributed by atoms with van der Waals surface area (Å²) in [4.78, 5) is 29.5. The van der Waals surface area contributed by atoms with Crippen molar-refractivity contribution in [1.82, 2.24) is 9.88 Å². The Hall–Kier alpha value is -1.33. The zero-order valence-electron chi connectivity index (χ0n) is 12.5. The lowest BCUT2D eigenvalue weighted by atomic mass is 9.92. The molecule has 2 heterocycles. The first kappa shape index (κ1) is 17.0. The molecule has 0 radical (unpaired) electrons. The van der Waals surface area contributed by atoms with E-state index in [-0.39, 0.29) is 28.3 Å². The molecule has 1 saturated heterocycles. The first-order valence-electron chi connectivity index (χ1n) is 7.12. The number of likely N-dealkylation sites (tertiary alicyclic amines) is 1. The van der Waals surface area contributed by atoms with E-state index < -0.39 is 5.97 Å². The van der Waals surface area contributed by atoms with Crippen LogP contribution in [0.1, 0.15) is 30.6 Å². The van der Waals surface area contributed by atoms with Gasteiger partial charge in [-0.05, 0) is 24.3 Å². The molecule has 0 bridgehead atoms. The summed E-state index contributed by atoms with van der Waals surface area (Å²) >= 11 is 11.5. The van der Waals surface area contributed by atoms with Crippen LogP contribution in [0.2, 0.25) is 10.2 Å². The summed E-state index contributed by atoms with van der Waals surface area (Å²) in [6, 6.07) is 1.37. The molecule has 1 aliphatic heterocycles. The summed E-state index contributed by atoms with van der Waals surface area (Å²) in [5.74, 6) is 0.0997. The van der Waals surface area contributed by atoms with Crippen molar-refractivity contribution in [3.05, 3.63) is 28.0 Å². The van der Waals surface area contributed by atoms with Gasteiger partial charge in [0, 0.05) is 19.3 Å². The third-order valence-electron chi connectivity index (χ3n) is 3.58. The predicted octanol–water partition coefficient (Wildman–Crippen LogP) is 3.05. The molecular formula is C15H18Cl2N2O3. The SMILES string of the molecule is CC1CC(C)CN(C(=O)COC(=O)c2cnc(Cl)c(Cl)c2)C1. The standard InChI is InChI=1S/C15H18Cl2N2O3/c1-9-3-10(2)7-19(6-9)13(20)8-22-15(21)11-4-12(16)14(17)18-5-11/h4-5,9-10H,3,6-8H2,1-2H3. The number of hydrogen-bond acceptors (Lipinski definition) is 4. The lowest BCUT2D eigenvalue weighted by molar-refractivity contribution is -0.137. The minimum Gasteiger partial charge on any atom is -0.452 e. The smallest absolute Gasteiger partial charge is 0.340 e. The molecule has 1 aromatic heterocycles. The normalized spacial score (nSPS) is 21.5. The molecule has 0 saturated carbocycles. The van der Waals surface area contributed by atoms with Gasteiger partial charge in [0.25, 0.3) is 5.91 Å². The van der Waals surface area contributed by atoms with E-state index in [1.54, 1.807) is 4.90 Å². The van der Waals surface area contributed by atoms with Crippen molar-refractivity contribution >= 4 is 35.1 Å². The second-order valence-corrected chi connectivity index (χ2v) is 6.58. The van der Waals surface area contributed by atoms with Crippen molar-refractivity contribution in [2.75, 3.05) is 19.7 Å². The van der Waals surface area contributed by atoms with Crippen molar-refractivity contribution in [3.63, 3.8) is 0 Å². The molecule has 0 spiro atoms. The maximum atomic E-state index is 12.1. The van der Waals surface area contributed by atoms with Gasteiger partial charge in [0.2, 0.25) is 0 Å². The summed E-state index contributed by atoms with van der Waals surface area (Å²) in [7, 11) is 0.